The third-order valence-corrected chi connectivity index (χ3v) is 2.26. The Balaban J connectivity index is 2.15. The Morgan fingerprint density at radius 1 is 1.17 bits per heavy atom. The van der Waals surface area contributed by atoms with Gasteiger partial charge in [-0.2, -0.15) is 0 Å². The first-order valence-electron chi connectivity index (χ1n) is 3.74. The molecule has 0 N–H and O–H groups in total. The van der Waals surface area contributed by atoms with Gasteiger partial charge in [0.15, 0.2) is 0 Å². The van der Waals surface area contributed by atoms with Gasteiger partial charge in [0.25, 0.3) is 0 Å². The number of benzene rings is 1. The zero-order valence-electron chi connectivity index (χ0n) is 6.47. The minimum atomic E-state index is 1.06. The van der Waals surface area contributed by atoms with E-state index in [0.717, 1.165) is 5.01 Å². The molecule has 0 atom stereocenters. The van der Waals surface area contributed by atoms with Gasteiger partial charge in [0.1, 0.15) is 5.01 Å². The predicted molar refractivity (Wildman–Crippen MR) is 51.1 cm³/mol. The molecule has 0 amide bonds. The van der Waals surface area contributed by atoms with Crippen LogP contribution in [0, 0.1) is 6.42 Å². The van der Waals surface area contributed by atoms with Gasteiger partial charge in [0.2, 0.25) is 0 Å². The van der Waals surface area contributed by atoms with Gasteiger partial charge in [0, 0.05) is 18.0 Å². The average molecular weight is 174 g/mol. The van der Waals surface area contributed by atoms with E-state index in [0.29, 0.717) is 0 Å². The monoisotopic (exact) mass is 174 g/mol. The SMILES string of the molecule is [CH](c1ccccc1)c1nccs1. The number of hydrogen-bond donors (Lipinski definition) is 0. The molecule has 1 nitrogen and oxygen atoms in total. The maximum Gasteiger partial charge on any atom is 0.101 e. The lowest BCUT2D eigenvalue weighted by Gasteiger charge is -1.94. The van der Waals surface area contributed by atoms with E-state index >= 15 is 0 Å². The molecule has 1 radical (unpaired) electrons. The maximum absolute atomic E-state index is 4.17. The summed E-state index contributed by atoms with van der Waals surface area (Å²) in [5, 5.41) is 3.04. The van der Waals surface area contributed by atoms with E-state index in [2.05, 4.69) is 23.5 Å². The lowest BCUT2D eigenvalue weighted by atomic mass is 10.2. The van der Waals surface area contributed by atoms with Crippen molar-refractivity contribution in [1.82, 2.24) is 4.98 Å². The van der Waals surface area contributed by atoms with Crippen molar-refractivity contribution in [3.8, 4) is 0 Å². The highest BCUT2D eigenvalue weighted by atomic mass is 32.1. The van der Waals surface area contributed by atoms with E-state index in [4.69, 9.17) is 0 Å². The number of hydrogen-bond acceptors (Lipinski definition) is 2. The molecule has 0 aliphatic carbocycles. The van der Waals surface area contributed by atoms with Crippen molar-refractivity contribution in [1.29, 1.82) is 0 Å². The summed E-state index contributed by atoms with van der Waals surface area (Å²) in [7, 11) is 0. The molecule has 2 aromatic rings. The van der Waals surface area contributed by atoms with Crippen LogP contribution in [0.2, 0.25) is 0 Å². The molecule has 0 aliphatic heterocycles. The predicted octanol–water partition coefficient (Wildman–Crippen LogP) is 2.74. The van der Waals surface area contributed by atoms with E-state index in [1.54, 1.807) is 11.3 Å². The van der Waals surface area contributed by atoms with Crippen molar-refractivity contribution >= 4 is 11.3 Å². The Labute approximate surface area is 75.7 Å². The Kier molecular flexibility index (Phi) is 2.19. The van der Waals surface area contributed by atoms with Crippen molar-refractivity contribution in [2.75, 3.05) is 0 Å². The van der Waals surface area contributed by atoms with Crippen molar-refractivity contribution < 1.29 is 0 Å². The molecular formula is C10H8NS. The fraction of sp³-hybridized carbons (Fsp3) is 0. The van der Waals surface area contributed by atoms with Crippen LogP contribution < -0.4 is 0 Å². The molecule has 1 aromatic heterocycles. The van der Waals surface area contributed by atoms with Crippen LogP contribution in [0.4, 0.5) is 0 Å². The molecule has 2 heteroatoms. The highest BCUT2D eigenvalue weighted by molar-refractivity contribution is 7.09. The van der Waals surface area contributed by atoms with Gasteiger partial charge >= 0.3 is 0 Å². The zero-order valence-corrected chi connectivity index (χ0v) is 7.29. The van der Waals surface area contributed by atoms with E-state index in [1.165, 1.54) is 5.56 Å². The van der Waals surface area contributed by atoms with Crippen molar-refractivity contribution in [2.24, 2.45) is 0 Å². The van der Waals surface area contributed by atoms with Gasteiger partial charge in [-0.25, -0.2) is 4.98 Å². The lowest BCUT2D eigenvalue weighted by molar-refractivity contribution is 1.31. The molecule has 0 unspecified atom stereocenters. The van der Waals surface area contributed by atoms with Crippen molar-refractivity contribution in [3.05, 3.63) is 58.9 Å². The zero-order chi connectivity index (χ0) is 8.23. The van der Waals surface area contributed by atoms with E-state index in [9.17, 15) is 0 Å². The van der Waals surface area contributed by atoms with Gasteiger partial charge in [0.05, 0.1) is 0 Å². The third kappa shape index (κ3) is 1.71. The van der Waals surface area contributed by atoms with Crippen LogP contribution in [0.25, 0.3) is 0 Å². The molecule has 0 bridgehead atoms. The van der Waals surface area contributed by atoms with Crippen LogP contribution in [0.3, 0.4) is 0 Å². The van der Waals surface area contributed by atoms with Crippen LogP contribution >= 0.6 is 11.3 Å². The summed E-state index contributed by atoms with van der Waals surface area (Å²) < 4.78 is 0. The van der Waals surface area contributed by atoms with E-state index < -0.39 is 0 Å². The second-order valence-corrected chi connectivity index (χ2v) is 3.35. The highest BCUT2D eigenvalue weighted by Crippen LogP contribution is 2.12. The second kappa shape index (κ2) is 3.50. The topological polar surface area (TPSA) is 12.9 Å². The third-order valence-electron chi connectivity index (χ3n) is 1.54. The maximum atomic E-state index is 4.17. The lowest BCUT2D eigenvalue weighted by Crippen LogP contribution is -1.81. The van der Waals surface area contributed by atoms with Gasteiger partial charge in [-0.3, -0.25) is 0 Å². The molecule has 1 aromatic carbocycles. The first-order valence-corrected chi connectivity index (χ1v) is 4.62. The quantitative estimate of drug-likeness (QED) is 0.682. The standard InChI is InChI=1S/C10H8NS/c1-2-4-9(5-3-1)8-10-11-6-7-12-10/h1-8H. The molecule has 0 saturated heterocycles. The molecule has 59 valence electrons. The minimum absolute atomic E-state index is 1.06. The Hall–Kier alpha value is -1.15. The number of aromatic nitrogens is 1. The van der Waals surface area contributed by atoms with Gasteiger partial charge in [-0.15, -0.1) is 11.3 Å². The normalized spacial score (nSPS) is 10.0. The molecule has 0 fully saturated rings. The summed E-state index contributed by atoms with van der Waals surface area (Å²) in [6.45, 7) is 0. The van der Waals surface area contributed by atoms with Gasteiger partial charge < -0.3 is 0 Å². The van der Waals surface area contributed by atoms with Crippen molar-refractivity contribution in [3.63, 3.8) is 0 Å². The number of rotatable bonds is 2. The Morgan fingerprint density at radius 3 is 2.67 bits per heavy atom. The summed E-state index contributed by atoms with van der Waals surface area (Å²) in [5.74, 6) is 0. The number of thiazole rings is 1. The van der Waals surface area contributed by atoms with Crippen LogP contribution in [0.15, 0.2) is 41.9 Å². The van der Waals surface area contributed by atoms with Gasteiger partial charge in [-0.1, -0.05) is 30.3 Å². The van der Waals surface area contributed by atoms with Crippen LogP contribution in [-0.2, 0) is 0 Å². The highest BCUT2D eigenvalue weighted by Gasteiger charge is 1.96. The molecule has 1 heterocycles. The molecular weight excluding hydrogens is 166 g/mol. The summed E-state index contributed by atoms with van der Waals surface area (Å²) in [4.78, 5) is 4.17. The van der Waals surface area contributed by atoms with E-state index in [1.807, 2.05) is 29.8 Å². The van der Waals surface area contributed by atoms with Crippen LogP contribution in [0.1, 0.15) is 10.6 Å². The summed E-state index contributed by atoms with van der Waals surface area (Å²) in [5.41, 5.74) is 1.20. The molecule has 0 aliphatic rings. The Bertz CT molecular complexity index is 326. The number of nitrogens with zero attached hydrogens (tertiary/aromatic N) is 1. The Morgan fingerprint density at radius 2 is 2.00 bits per heavy atom. The average Bonchev–Trinajstić information content (AvgIpc) is 2.59. The van der Waals surface area contributed by atoms with Crippen LogP contribution in [0.5, 0.6) is 0 Å². The molecule has 0 spiro atoms. The van der Waals surface area contributed by atoms with Crippen molar-refractivity contribution in [2.45, 2.75) is 0 Å². The van der Waals surface area contributed by atoms with Gasteiger partial charge in [-0.05, 0) is 5.56 Å². The summed E-state index contributed by atoms with van der Waals surface area (Å²) in [6, 6.07) is 10.2. The fourth-order valence-electron chi connectivity index (χ4n) is 0.998. The smallest absolute Gasteiger partial charge is 0.101 e. The summed E-state index contributed by atoms with van der Waals surface area (Å²) >= 11 is 1.65. The first-order chi connectivity index (χ1) is 5.95. The fourth-order valence-corrected chi connectivity index (χ4v) is 1.58. The largest absolute Gasteiger partial charge is 0.249 e. The molecule has 0 saturated carbocycles. The molecule has 2 rings (SSSR count). The molecule has 12 heavy (non-hydrogen) atoms. The minimum Gasteiger partial charge on any atom is -0.249 e. The first kappa shape index (κ1) is 7.50. The second-order valence-electron chi connectivity index (χ2n) is 2.43. The van der Waals surface area contributed by atoms with Crippen LogP contribution in [-0.4, -0.2) is 4.98 Å². The van der Waals surface area contributed by atoms with E-state index in [-0.39, 0.29) is 0 Å². The summed E-state index contributed by atoms with van der Waals surface area (Å²) in [6.07, 6.45) is 3.89.